The van der Waals surface area contributed by atoms with Gasteiger partial charge in [-0.2, -0.15) is 0 Å². The molecule has 1 aromatic carbocycles. The van der Waals surface area contributed by atoms with Crippen molar-refractivity contribution in [1.29, 1.82) is 0 Å². The highest BCUT2D eigenvalue weighted by Gasteiger charge is 2.09. The average molecular weight is 215 g/mol. The van der Waals surface area contributed by atoms with E-state index in [4.69, 9.17) is 0 Å². The van der Waals surface area contributed by atoms with Gasteiger partial charge >= 0.3 is 0 Å². The Bertz CT molecular complexity index is 520. The zero-order chi connectivity index (χ0) is 11.5. The molecule has 0 spiro atoms. The van der Waals surface area contributed by atoms with Gasteiger partial charge in [-0.1, -0.05) is 12.1 Å². The van der Waals surface area contributed by atoms with Gasteiger partial charge in [-0.25, -0.2) is 4.39 Å². The predicted octanol–water partition coefficient (Wildman–Crippen LogP) is 3.01. The van der Waals surface area contributed by atoms with Crippen molar-refractivity contribution in [2.24, 2.45) is 0 Å². The summed E-state index contributed by atoms with van der Waals surface area (Å²) in [6.45, 7) is 1.91. The summed E-state index contributed by atoms with van der Waals surface area (Å²) in [6.07, 6.45) is 2.18. The van der Waals surface area contributed by atoms with Crippen LogP contribution in [0.5, 0.6) is 0 Å². The number of aldehydes is 1. The van der Waals surface area contributed by atoms with Gasteiger partial charge in [0.1, 0.15) is 5.82 Å². The van der Waals surface area contributed by atoms with E-state index in [0.717, 1.165) is 5.56 Å². The van der Waals surface area contributed by atoms with Gasteiger partial charge in [0.15, 0.2) is 6.29 Å². The van der Waals surface area contributed by atoms with Gasteiger partial charge < -0.3 is 0 Å². The van der Waals surface area contributed by atoms with E-state index in [2.05, 4.69) is 4.98 Å². The number of hydrogen-bond acceptors (Lipinski definition) is 2. The van der Waals surface area contributed by atoms with E-state index in [1.54, 1.807) is 24.4 Å². The fourth-order valence-electron chi connectivity index (χ4n) is 1.47. The summed E-state index contributed by atoms with van der Waals surface area (Å²) in [6, 6.07) is 8.29. The molecule has 0 saturated heterocycles. The molecule has 1 aromatic heterocycles. The smallest absolute Gasteiger partial charge is 0.153 e. The van der Waals surface area contributed by atoms with E-state index >= 15 is 0 Å². The number of carbonyl (C=O) groups excluding carboxylic acids is 1. The third-order valence-corrected chi connectivity index (χ3v) is 2.34. The molecule has 0 fully saturated rings. The first-order chi connectivity index (χ1) is 7.72. The maximum absolute atomic E-state index is 13.8. The second kappa shape index (κ2) is 4.23. The summed E-state index contributed by atoms with van der Waals surface area (Å²) in [5.74, 6) is -0.520. The number of aromatic nitrogens is 1. The molecule has 2 aromatic rings. The highest BCUT2D eigenvalue weighted by Crippen LogP contribution is 2.22. The molecule has 0 bridgehead atoms. The third-order valence-electron chi connectivity index (χ3n) is 2.34. The van der Waals surface area contributed by atoms with Crippen LogP contribution in [0.25, 0.3) is 11.3 Å². The van der Waals surface area contributed by atoms with Crippen LogP contribution in [0.15, 0.2) is 36.5 Å². The summed E-state index contributed by atoms with van der Waals surface area (Å²) in [4.78, 5) is 14.7. The molecule has 0 amide bonds. The lowest BCUT2D eigenvalue weighted by Crippen LogP contribution is -1.93. The van der Waals surface area contributed by atoms with E-state index in [1.165, 1.54) is 6.07 Å². The quantitative estimate of drug-likeness (QED) is 0.721. The normalized spacial score (nSPS) is 10.1. The fourth-order valence-corrected chi connectivity index (χ4v) is 1.47. The van der Waals surface area contributed by atoms with Crippen molar-refractivity contribution in [3.05, 3.63) is 53.5 Å². The maximum atomic E-state index is 13.8. The number of carbonyl (C=O) groups is 1. The van der Waals surface area contributed by atoms with E-state index < -0.39 is 5.82 Å². The molecule has 0 unspecified atom stereocenters. The summed E-state index contributed by atoms with van der Waals surface area (Å²) < 4.78 is 13.8. The molecule has 1 heterocycles. The Labute approximate surface area is 92.8 Å². The standard InChI is InChI=1S/C13H10FNO/c1-9-5-6-12(15-7-9)11-4-2-3-10(8-16)13(11)14/h2-8H,1H3. The summed E-state index contributed by atoms with van der Waals surface area (Å²) in [7, 11) is 0. The lowest BCUT2D eigenvalue weighted by molar-refractivity contribution is 0.112. The first kappa shape index (κ1) is 10.5. The van der Waals surface area contributed by atoms with Gasteiger partial charge in [0.2, 0.25) is 0 Å². The minimum Gasteiger partial charge on any atom is -0.298 e. The van der Waals surface area contributed by atoms with Gasteiger partial charge in [0.25, 0.3) is 0 Å². The fraction of sp³-hybridized carbons (Fsp3) is 0.0769. The molecule has 16 heavy (non-hydrogen) atoms. The number of rotatable bonds is 2. The molecule has 2 nitrogen and oxygen atoms in total. The van der Waals surface area contributed by atoms with Crippen molar-refractivity contribution >= 4 is 6.29 Å². The van der Waals surface area contributed by atoms with Crippen LogP contribution in [-0.4, -0.2) is 11.3 Å². The predicted molar refractivity (Wildman–Crippen MR) is 59.8 cm³/mol. The lowest BCUT2D eigenvalue weighted by atomic mass is 10.1. The van der Waals surface area contributed by atoms with Crippen LogP contribution in [-0.2, 0) is 0 Å². The van der Waals surface area contributed by atoms with E-state index in [9.17, 15) is 9.18 Å². The molecule has 0 aliphatic heterocycles. The summed E-state index contributed by atoms with van der Waals surface area (Å²) in [5, 5.41) is 0. The molecule has 0 aliphatic carbocycles. The minimum absolute atomic E-state index is 0.0554. The Balaban J connectivity index is 2.56. The number of nitrogens with zero attached hydrogens (tertiary/aromatic N) is 1. The van der Waals surface area contributed by atoms with Crippen LogP contribution in [0.4, 0.5) is 4.39 Å². The third kappa shape index (κ3) is 1.84. The lowest BCUT2D eigenvalue weighted by Gasteiger charge is -2.04. The zero-order valence-electron chi connectivity index (χ0n) is 8.77. The van der Waals surface area contributed by atoms with Gasteiger partial charge in [-0.15, -0.1) is 0 Å². The number of pyridine rings is 1. The van der Waals surface area contributed by atoms with Crippen molar-refractivity contribution < 1.29 is 9.18 Å². The van der Waals surface area contributed by atoms with Crippen LogP contribution in [0.1, 0.15) is 15.9 Å². The molecule has 80 valence electrons. The van der Waals surface area contributed by atoms with Crippen molar-refractivity contribution in [2.75, 3.05) is 0 Å². The largest absolute Gasteiger partial charge is 0.298 e. The van der Waals surface area contributed by atoms with Crippen molar-refractivity contribution in [1.82, 2.24) is 4.98 Å². The van der Waals surface area contributed by atoms with Crippen molar-refractivity contribution in [3.8, 4) is 11.3 Å². The number of benzene rings is 1. The molecular weight excluding hydrogens is 205 g/mol. The van der Waals surface area contributed by atoms with Crippen LogP contribution in [0.2, 0.25) is 0 Å². The molecule has 0 radical (unpaired) electrons. The number of hydrogen-bond donors (Lipinski definition) is 0. The van der Waals surface area contributed by atoms with Crippen LogP contribution < -0.4 is 0 Å². The Kier molecular flexibility index (Phi) is 2.77. The van der Waals surface area contributed by atoms with E-state index in [1.807, 2.05) is 13.0 Å². The van der Waals surface area contributed by atoms with Gasteiger partial charge in [-0.3, -0.25) is 9.78 Å². The van der Waals surface area contributed by atoms with E-state index in [-0.39, 0.29) is 5.56 Å². The van der Waals surface area contributed by atoms with Crippen LogP contribution in [0.3, 0.4) is 0 Å². The Morgan fingerprint density at radius 1 is 1.25 bits per heavy atom. The highest BCUT2D eigenvalue weighted by atomic mass is 19.1. The minimum atomic E-state index is -0.520. The molecule has 3 heteroatoms. The Morgan fingerprint density at radius 3 is 2.69 bits per heavy atom. The molecular formula is C13H10FNO. The Morgan fingerprint density at radius 2 is 2.06 bits per heavy atom. The second-order valence-electron chi connectivity index (χ2n) is 3.55. The zero-order valence-corrected chi connectivity index (χ0v) is 8.77. The second-order valence-corrected chi connectivity index (χ2v) is 3.55. The van der Waals surface area contributed by atoms with Gasteiger partial charge in [-0.05, 0) is 30.7 Å². The summed E-state index contributed by atoms with van der Waals surface area (Å²) >= 11 is 0. The average Bonchev–Trinajstić information content (AvgIpc) is 2.31. The molecule has 0 saturated carbocycles. The number of aryl methyl sites for hydroxylation is 1. The first-order valence-corrected chi connectivity index (χ1v) is 4.89. The molecule has 0 atom stereocenters. The van der Waals surface area contributed by atoms with Crippen LogP contribution >= 0.6 is 0 Å². The first-order valence-electron chi connectivity index (χ1n) is 4.89. The van der Waals surface area contributed by atoms with Gasteiger partial charge in [0, 0.05) is 11.8 Å². The van der Waals surface area contributed by atoms with Gasteiger partial charge in [0.05, 0.1) is 11.3 Å². The topological polar surface area (TPSA) is 30.0 Å². The monoisotopic (exact) mass is 215 g/mol. The molecule has 0 aliphatic rings. The maximum Gasteiger partial charge on any atom is 0.153 e. The van der Waals surface area contributed by atoms with E-state index in [0.29, 0.717) is 17.5 Å². The molecule has 0 N–H and O–H groups in total. The SMILES string of the molecule is Cc1ccc(-c2cccc(C=O)c2F)nc1. The van der Waals surface area contributed by atoms with Crippen molar-refractivity contribution in [3.63, 3.8) is 0 Å². The molecule has 2 rings (SSSR count). The van der Waals surface area contributed by atoms with Crippen LogP contribution in [0, 0.1) is 12.7 Å². The Hall–Kier alpha value is -2.03. The highest BCUT2D eigenvalue weighted by molar-refractivity contribution is 5.79. The number of halogens is 1. The van der Waals surface area contributed by atoms with Crippen molar-refractivity contribution in [2.45, 2.75) is 6.92 Å². The summed E-state index contributed by atoms with van der Waals surface area (Å²) in [5.41, 5.74) is 1.95.